The van der Waals surface area contributed by atoms with E-state index in [2.05, 4.69) is 4.98 Å². The van der Waals surface area contributed by atoms with E-state index in [1.807, 2.05) is 55.5 Å². The molecule has 1 aliphatic heterocycles. The summed E-state index contributed by atoms with van der Waals surface area (Å²) in [7, 11) is 0. The van der Waals surface area contributed by atoms with E-state index in [-0.39, 0.29) is 18.4 Å². The first-order chi connectivity index (χ1) is 12.6. The lowest BCUT2D eigenvalue weighted by Gasteiger charge is -2.34. The summed E-state index contributed by atoms with van der Waals surface area (Å²) >= 11 is 0. The van der Waals surface area contributed by atoms with Gasteiger partial charge in [0.15, 0.2) is 0 Å². The summed E-state index contributed by atoms with van der Waals surface area (Å²) in [5.74, 6) is -0.215. The van der Waals surface area contributed by atoms with Gasteiger partial charge in [-0.25, -0.2) is 0 Å². The van der Waals surface area contributed by atoms with Gasteiger partial charge in [0.25, 0.3) is 5.91 Å². The molecule has 3 aromatic rings. The number of nitrogens with zero attached hydrogens (tertiary/aromatic N) is 3. The van der Waals surface area contributed by atoms with Crippen molar-refractivity contribution in [1.29, 1.82) is 0 Å². The number of carbonyl (C=O) groups excluding carboxylic acids is 2. The predicted molar refractivity (Wildman–Crippen MR) is 101 cm³/mol. The Morgan fingerprint density at radius 2 is 1.77 bits per heavy atom. The van der Waals surface area contributed by atoms with E-state index in [4.69, 9.17) is 0 Å². The Morgan fingerprint density at radius 3 is 2.54 bits per heavy atom. The Hall–Kier alpha value is -3.21. The molecule has 26 heavy (non-hydrogen) atoms. The second-order valence-corrected chi connectivity index (χ2v) is 6.49. The summed E-state index contributed by atoms with van der Waals surface area (Å²) in [6, 6.07) is 17.2. The maximum Gasteiger partial charge on any atom is 0.256 e. The van der Waals surface area contributed by atoms with Crippen molar-refractivity contribution in [2.75, 3.05) is 24.5 Å². The molecule has 0 spiro atoms. The molecule has 4 rings (SSSR count). The summed E-state index contributed by atoms with van der Waals surface area (Å²) in [4.78, 5) is 33.3. The van der Waals surface area contributed by atoms with Gasteiger partial charge in [-0.3, -0.25) is 14.6 Å². The van der Waals surface area contributed by atoms with E-state index in [9.17, 15) is 9.59 Å². The number of pyridine rings is 1. The van der Waals surface area contributed by atoms with Crippen LogP contribution in [0.25, 0.3) is 10.9 Å². The summed E-state index contributed by atoms with van der Waals surface area (Å²) in [5.41, 5.74) is 3.24. The Kier molecular flexibility index (Phi) is 4.13. The fraction of sp³-hybridized carbons (Fsp3) is 0.190. The van der Waals surface area contributed by atoms with Gasteiger partial charge in [-0.05, 0) is 31.2 Å². The molecule has 1 fully saturated rings. The number of piperazine rings is 1. The number of hydrogen-bond donors (Lipinski definition) is 0. The molecule has 5 heteroatoms. The summed E-state index contributed by atoms with van der Waals surface area (Å²) in [5, 5.41) is 0.919. The molecular weight excluding hydrogens is 326 g/mol. The second kappa shape index (κ2) is 6.59. The van der Waals surface area contributed by atoms with Crippen LogP contribution in [-0.2, 0) is 4.79 Å². The zero-order valence-electron chi connectivity index (χ0n) is 14.6. The number of fused-ring (bicyclic) bond motifs is 1. The van der Waals surface area contributed by atoms with E-state index >= 15 is 0 Å². The number of anilines is 1. The number of aromatic nitrogens is 1. The fourth-order valence-corrected chi connectivity index (χ4v) is 3.29. The molecule has 2 heterocycles. The van der Waals surface area contributed by atoms with Crippen LogP contribution in [0.3, 0.4) is 0 Å². The Labute approximate surface area is 151 Å². The van der Waals surface area contributed by atoms with Crippen LogP contribution in [0.5, 0.6) is 0 Å². The normalized spacial score (nSPS) is 14.7. The highest BCUT2D eigenvalue weighted by molar-refractivity contribution is 6.07. The molecule has 0 bridgehead atoms. The second-order valence-electron chi connectivity index (χ2n) is 6.49. The number of carbonyl (C=O) groups is 2. The monoisotopic (exact) mass is 345 g/mol. The average molecular weight is 345 g/mol. The Morgan fingerprint density at radius 1 is 1.00 bits per heavy atom. The van der Waals surface area contributed by atoms with Crippen molar-refractivity contribution >= 4 is 28.4 Å². The molecule has 0 saturated carbocycles. The Bertz CT molecular complexity index is 977. The lowest BCUT2D eigenvalue weighted by molar-refractivity contribution is -0.120. The Balaban J connectivity index is 1.56. The summed E-state index contributed by atoms with van der Waals surface area (Å²) in [6.45, 7) is 3.09. The molecule has 0 radical (unpaired) electrons. The van der Waals surface area contributed by atoms with Crippen LogP contribution in [0.1, 0.15) is 15.9 Å². The van der Waals surface area contributed by atoms with Gasteiger partial charge in [0.1, 0.15) is 6.54 Å². The minimum Gasteiger partial charge on any atom is -0.327 e. The SMILES string of the molecule is Cc1ccc(N2CCN(C(=O)c3cccc4cccnc34)CC2=O)cc1. The van der Waals surface area contributed by atoms with Gasteiger partial charge in [0.05, 0.1) is 11.1 Å². The van der Waals surface area contributed by atoms with Crippen LogP contribution in [-0.4, -0.2) is 41.3 Å². The number of benzene rings is 2. The van der Waals surface area contributed by atoms with Crippen molar-refractivity contribution in [2.45, 2.75) is 6.92 Å². The third-order valence-electron chi connectivity index (χ3n) is 4.72. The first-order valence-electron chi connectivity index (χ1n) is 8.63. The molecule has 0 unspecified atom stereocenters. The van der Waals surface area contributed by atoms with Crippen LogP contribution in [0.4, 0.5) is 5.69 Å². The molecule has 5 nitrogen and oxygen atoms in total. The highest BCUT2D eigenvalue weighted by Gasteiger charge is 2.29. The van der Waals surface area contributed by atoms with Gasteiger partial charge >= 0.3 is 0 Å². The zero-order chi connectivity index (χ0) is 18.1. The van der Waals surface area contributed by atoms with E-state index in [1.165, 1.54) is 0 Å². The molecule has 1 saturated heterocycles. The number of aryl methyl sites for hydroxylation is 1. The van der Waals surface area contributed by atoms with Crippen molar-refractivity contribution in [3.8, 4) is 0 Å². The average Bonchev–Trinajstić information content (AvgIpc) is 2.68. The van der Waals surface area contributed by atoms with Crippen molar-refractivity contribution in [3.63, 3.8) is 0 Å². The minimum absolute atomic E-state index is 0.0679. The first-order valence-corrected chi connectivity index (χ1v) is 8.63. The molecular formula is C21H19N3O2. The van der Waals surface area contributed by atoms with Crippen molar-refractivity contribution in [1.82, 2.24) is 9.88 Å². The van der Waals surface area contributed by atoms with Crippen molar-refractivity contribution in [2.24, 2.45) is 0 Å². The molecule has 0 atom stereocenters. The van der Waals surface area contributed by atoms with Gasteiger partial charge in [-0.1, -0.05) is 35.9 Å². The molecule has 130 valence electrons. The van der Waals surface area contributed by atoms with Gasteiger partial charge in [-0.15, -0.1) is 0 Å². The van der Waals surface area contributed by atoms with E-state index in [1.54, 1.807) is 22.1 Å². The lowest BCUT2D eigenvalue weighted by atomic mass is 10.1. The van der Waals surface area contributed by atoms with Crippen LogP contribution in [0.2, 0.25) is 0 Å². The first kappa shape index (κ1) is 16.3. The molecule has 1 aliphatic rings. The van der Waals surface area contributed by atoms with Crippen LogP contribution < -0.4 is 4.90 Å². The lowest BCUT2D eigenvalue weighted by Crippen LogP contribution is -2.52. The van der Waals surface area contributed by atoms with E-state index in [0.29, 0.717) is 24.2 Å². The molecule has 0 aliphatic carbocycles. The van der Waals surface area contributed by atoms with Gasteiger partial charge in [0, 0.05) is 30.4 Å². The van der Waals surface area contributed by atoms with Gasteiger partial charge in [0.2, 0.25) is 5.91 Å². The maximum atomic E-state index is 13.0. The fourth-order valence-electron chi connectivity index (χ4n) is 3.29. The van der Waals surface area contributed by atoms with Crippen molar-refractivity contribution < 1.29 is 9.59 Å². The van der Waals surface area contributed by atoms with E-state index in [0.717, 1.165) is 16.6 Å². The molecule has 0 N–H and O–H groups in total. The summed E-state index contributed by atoms with van der Waals surface area (Å²) < 4.78 is 0. The van der Waals surface area contributed by atoms with Crippen LogP contribution >= 0.6 is 0 Å². The maximum absolute atomic E-state index is 13.0. The molecule has 1 aromatic heterocycles. The largest absolute Gasteiger partial charge is 0.327 e. The van der Waals surface area contributed by atoms with Crippen LogP contribution in [0, 0.1) is 6.92 Å². The number of rotatable bonds is 2. The van der Waals surface area contributed by atoms with Crippen molar-refractivity contribution in [3.05, 3.63) is 71.9 Å². The summed E-state index contributed by atoms with van der Waals surface area (Å²) in [6.07, 6.45) is 1.68. The molecule has 2 aromatic carbocycles. The quantitative estimate of drug-likeness (QED) is 0.717. The smallest absolute Gasteiger partial charge is 0.256 e. The van der Waals surface area contributed by atoms with Gasteiger partial charge in [-0.2, -0.15) is 0 Å². The van der Waals surface area contributed by atoms with Gasteiger partial charge < -0.3 is 9.80 Å². The standard InChI is InChI=1S/C21H19N3O2/c1-15-7-9-17(10-8-15)24-13-12-23(14-19(24)25)21(26)18-6-2-4-16-5-3-11-22-20(16)18/h2-11H,12-14H2,1H3. The molecule has 2 amide bonds. The highest BCUT2D eigenvalue weighted by Crippen LogP contribution is 2.21. The van der Waals surface area contributed by atoms with E-state index < -0.39 is 0 Å². The minimum atomic E-state index is -0.147. The third-order valence-corrected chi connectivity index (χ3v) is 4.72. The van der Waals surface area contributed by atoms with Crippen LogP contribution in [0.15, 0.2) is 60.8 Å². The third kappa shape index (κ3) is 2.92. The number of para-hydroxylation sites is 1. The zero-order valence-corrected chi connectivity index (χ0v) is 14.6. The highest BCUT2D eigenvalue weighted by atomic mass is 16.2. The number of hydrogen-bond acceptors (Lipinski definition) is 3. The number of amides is 2. The topological polar surface area (TPSA) is 53.5 Å². The predicted octanol–water partition coefficient (Wildman–Crippen LogP) is 3.03.